The van der Waals surface area contributed by atoms with E-state index < -0.39 is 10.0 Å². The Morgan fingerprint density at radius 3 is 2.73 bits per heavy atom. The second-order valence-electron chi connectivity index (χ2n) is 6.20. The van der Waals surface area contributed by atoms with Crippen molar-refractivity contribution in [3.8, 4) is 0 Å². The first kappa shape index (κ1) is 16.9. The normalized spacial score (nSPS) is 15.3. The van der Waals surface area contributed by atoms with E-state index in [0.717, 1.165) is 37.6 Å². The molecule has 8 heteroatoms. The molecule has 1 saturated heterocycles. The van der Waals surface area contributed by atoms with Gasteiger partial charge in [0.25, 0.3) is 10.0 Å². The van der Waals surface area contributed by atoms with E-state index in [9.17, 15) is 8.42 Å². The maximum Gasteiger partial charge on any atom is 0.268 e. The molecule has 0 bridgehead atoms. The zero-order chi connectivity index (χ0) is 18.1. The van der Waals surface area contributed by atoms with Gasteiger partial charge in [-0.15, -0.1) is 0 Å². The topological polar surface area (TPSA) is 79.3 Å². The molecule has 7 nitrogen and oxygen atoms in total. The molecule has 0 spiro atoms. The van der Waals surface area contributed by atoms with Crippen LogP contribution in [0.5, 0.6) is 0 Å². The predicted molar refractivity (Wildman–Crippen MR) is 103 cm³/mol. The number of aromatic nitrogens is 2. The Morgan fingerprint density at radius 1 is 1.15 bits per heavy atom. The lowest BCUT2D eigenvalue weighted by molar-refractivity contribution is 0.586. The molecule has 1 aliphatic rings. The van der Waals surface area contributed by atoms with Gasteiger partial charge < -0.3 is 15.5 Å². The van der Waals surface area contributed by atoms with Crippen molar-refractivity contribution in [2.45, 2.75) is 4.90 Å². The van der Waals surface area contributed by atoms with Gasteiger partial charge in [-0.05, 0) is 30.3 Å². The number of nitrogens with one attached hydrogen (secondary N) is 2. The first-order chi connectivity index (χ1) is 12.6. The number of benzene rings is 1. The summed E-state index contributed by atoms with van der Waals surface area (Å²) in [4.78, 5) is 6.89. The molecule has 1 aromatic carbocycles. The molecule has 1 aliphatic heterocycles. The van der Waals surface area contributed by atoms with Crippen LogP contribution in [0.25, 0.3) is 11.0 Å². The second-order valence-corrected chi connectivity index (χ2v) is 8.02. The van der Waals surface area contributed by atoms with Crippen molar-refractivity contribution in [1.82, 2.24) is 14.3 Å². The van der Waals surface area contributed by atoms with Crippen molar-refractivity contribution in [3.05, 3.63) is 48.8 Å². The highest BCUT2D eigenvalue weighted by molar-refractivity contribution is 7.90. The molecule has 26 heavy (non-hydrogen) atoms. The Balaban J connectivity index is 1.88. The minimum atomic E-state index is -3.72. The fourth-order valence-corrected chi connectivity index (χ4v) is 4.67. The molecule has 0 saturated carbocycles. The quantitative estimate of drug-likeness (QED) is 0.727. The van der Waals surface area contributed by atoms with Crippen LogP contribution in [0.3, 0.4) is 0 Å². The Labute approximate surface area is 152 Å². The fourth-order valence-electron chi connectivity index (χ4n) is 3.28. The Bertz CT molecular complexity index is 1040. The maximum atomic E-state index is 13.3. The van der Waals surface area contributed by atoms with E-state index in [0.29, 0.717) is 11.0 Å². The summed E-state index contributed by atoms with van der Waals surface area (Å²) in [7, 11) is -1.95. The molecule has 3 heterocycles. The molecule has 0 atom stereocenters. The number of fused-ring (bicyclic) bond motifs is 1. The van der Waals surface area contributed by atoms with Gasteiger partial charge in [0.2, 0.25) is 0 Å². The molecule has 2 N–H and O–H groups in total. The van der Waals surface area contributed by atoms with Gasteiger partial charge in [-0.25, -0.2) is 12.4 Å². The third-order valence-corrected chi connectivity index (χ3v) is 6.31. The molecular formula is C18H21N5O2S. The second kappa shape index (κ2) is 6.62. The van der Waals surface area contributed by atoms with Crippen molar-refractivity contribution >= 4 is 32.4 Å². The van der Waals surface area contributed by atoms with Crippen molar-refractivity contribution in [2.24, 2.45) is 0 Å². The van der Waals surface area contributed by atoms with E-state index in [1.165, 1.54) is 3.97 Å². The van der Waals surface area contributed by atoms with Gasteiger partial charge in [-0.2, -0.15) is 0 Å². The molecule has 4 rings (SSSR count). The summed E-state index contributed by atoms with van der Waals surface area (Å²) in [6, 6.07) is 10.4. The number of hydrogen-bond donors (Lipinski definition) is 2. The highest BCUT2D eigenvalue weighted by Gasteiger charge is 2.24. The van der Waals surface area contributed by atoms with Gasteiger partial charge in [0, 0.05) is 51.3 Å². The maximum absolute atomic E-state index is 13.3. The first-order valence-electron chi connectivity index (χ1n) is 8.56. The van der Waals surface area contributed by atoms with E-state index in [4.69, 9.17) is 0 Å². The molecule has 1 fully saturated rings. The lowest BCUT2D eigenvalue weighted by Gasteiger charge is -2.28. The third-order valence-electron chi connectivity index (χ3n) is 4.64. The van der Waals surface area contributed by atoms with Crippen LogP contribution in [0.1, 0.15) is 0 Å². The zero-order valence-electron chi connectivity index (χ0n) is 14.5. The van der Waals surface area contributed by atoms with Crippen LogP contribution in [0.2, 0.25) is 0 Å². The van der Waals surface area contributed by atoms with E-state index >= 15 is 0 Å². The number of anilines is 2. The molecule has 136 valence electrons. The third kappa shape index (κ3) is 2.81. The van der Waals surface area contributed by atoms with Crippen LogP contribution < -0.4 is 15.5 Å². The summed E-state index contributed by atoms with van der Waals surface area (Å²) in [6.45, 7) is 3.39. The molecule has 0 unspecified atom stereocenters. The van der Waals surface area contributed by atoms with Crippen LogP contribution in [-0.2, 0) is 10.0 Å². The van der Waals surface area contributed by atoms with Crippen LogP contribution in [0.15, 0.2) is 53.7 Å². The Kier molecular flexibility index (Phi) is 4.29. The summed E-state index contributed by atoms with van der Waals surface area (Å²) >= 11 is 0. The highest BCUT2D eigenvalue weighted by atomic mass is 32.2. The minimum Gasteiger partial charge on any atom is -0.388 e. The smallest absolute Gasteiger partial charge is 0.268 e. The van der Waals surface area contributed by atoms with E-state index in [-0.39, 0.29) is 4.90 Å². The van der Waals surface area contributed by atoms with Gasteiger partial charge in [0.1, 0.15) is 5.52 Å². The summed E-state index contributed by atoms with van der Waals surface area (Å²) in [5.74, 6) is 0. The number of piperazine rings is 1. The molecule has 2 aromatic heterocycles. The zero-order valence-corrected chi connectivity index (χ0v) is 15.3. The molecule has 0 amide bonds. The molecule has 3 aromatic rings. The van der Waals surface area contributed by atoms with Gasteiger partial charge in [-0.3, -0.25) is 4.98 Å². The van der Waals surface area contributed by atoms with E-state index in [2.05, 4.69) is 20.5 Å². The van der Waals surface area contributed by atoms with Crippen LogP contribution in [0.4, 0.5) is 11.4 Å². The van der Waals surface area contributed by atoms with Crippen molar-refractivity contribution in [2.75, 3.05) is 43.4 Å². The number of nitrogens with zero attached hydrogens (tertiary/aromatic N) is 3. The van der Waals surface area contributed by atoms with Crippen LogP contribution >= 0.6 is 0 Å². The minimum absolute atomic E-state index is 0.247. The Hall–Kier alpha value is -2.58. The van der Waals surface area contributed by atoms with Crippen molar-refractivity contribution < 1.29 is 8.42 Å². The first-order valence-corrected chi connectivity index (χ1v) is 10.0. The molecular weight excluding hydrogens is 350 g/mol. The average Bonchev–Trinajstić information content (AvgIpc) is 3.09. The molecule has 0 radical (unpaired) electrons. The summed E-state index contributed by atoms with van der Waals surface area (Å²) in [5.41, 5.74) is 2.91. The van der Waals surface area contributed by atoms with Crippen LogP contribution in [-0.4, -0.2) is 50.6 Å². The van der Waals surface area contributed by atoms with Gasteiger partial charge in [0.05, 0.1) is 16.1 Å². The lowest BCUT2D eigenvalue weighted by Crippen LogP contribution is -2.43. The summed E-state index contributed by atoms with van der Waals surface area (Å²) < 4.78 is 27.9. The highest BCUT2D eigenvalue weighted by Crippen LogP contribution is 2.31. The summed E-state index contributed by atoms with van der Waals surface area (Å²) in [6.07, 6.45) is 3.40. The van der Waals surface area contributed by atoms with Gasteiger partial charge in [0.15, 0.2) is 0 Å². The monoisotopic (exact) mass is 371 g/mol. The standard InChI is InChI=1S/C18H21N5O2S/c1-19-14-4-2-5-15(12-14)26(24,25)23-13-17(22-10-8-20-9-11-22)18-16(23)6-3-7-21-18/h2-7,12-13,19-20H,8-11H2,1H3. The fraction of sp³-hybridized carbons (Fsp3) is 0.278. The van der Waals surface area contributed by atoms with Crippen molar-refractivity contribution in [1.29, 1.82) is 0 Å². The lowest BCUT2D eigenvalue weighted by atomic mass is 10.3. The van der Waals surface area contributed by atoms with Crippen molar-refractivity contribution in [3.63, 3.8) is 0 Å². The van der Waals surface area contributed by atoms with Gasteiger partial charge in [-0.1, -0.05) is 6.07 Å². The number of hydrogen-bond acceptors (Lipinski definition) is 6. The predicted octanol–water partition coefficient (Wildman–Crippen LogP) is 1.72. The van der Waals surface area contributed by atoms with Gasteiger partial charge >= 0.3 is 0 Å². The largest absolute Gasteiger partial charge is 0.388 e. The number of pyridine rings is 1. The summed E-state index contributed by atoms with van der Waals surface area (Å²) in [5, 5.41) is 6.30. The number of rotatable bonds is 4. The Morgan fingerprint density at radius 2 is 1.96 bits per heavy atom. The van der Waals surface area contributed by atoms with E-state index in [1.54, 1.807) is 49.8 Å². The average molecular weight is 371 g/mol. The molecule has 0 aliphatic carbocycles. The van der Waals surface area contributed by atoms with E-state index in [1.807, 2.05) is 6.07 Å². The van der Waals surface area contributed by atoms with Crippen LogP contribution in [0, 0.1) is 0 Å². The SMILES string of the molecule is CNc1cccc(S(=O)(=O)n2cc(N3CCNCC3)c3ncccc32)c1.